The van der Waals surface area contributed by atoms with Crippen LogP contribution < -0.4 is 5.32 Å². The molecule has 0 bridgehead atoms. The summed E-state index contributed by atoms with van der Waals surface area (Å²) < 4.78 is 0. The average molecular weight is 276 g/mol. The summed E-state index contributed by atoms with van der Waals surface area (Å²) in [5, 5.41) is 14.6. The molecule has 5 heteroatoms. The number of thiazole rings is 1. The van der Waals surface area contributed by atoms with Crippen molar-refractivity contribution in [1.29, 1.82) is 0 Å². The smallest absolute Gasteiger partial charge is 0.251 e. The van der Waals surface area contributed by atoms with E-state index in [1.807, 2.05) is 24.4 Å². The van der Waals surface area contributed by atoms with E-state index in [0.717, 1.165) is 16.3 Å². The van der Waals surface area contributed by atoms with Crippen molar-refractivity contribution in [2.24, 2.45) is 0 Å². The minimum absolute atomic E-state index is 0.0672. The Labute approximate surface area is 116 Å². The first-order chi connectivity index (χ1) is 9.10. The van der Waals surface area contributed by atoms with Crippen molar-refractivity contribution in [3.63, 3.8) is 0 Å². The van der Waals surface area contributed by atoms with Gasteiger partial charge in [-0.3, -0.25) is 4.79 Å². The fraction of sp³-hybridized carbons (Fsp3) is 0.286. The van der Waals surface area contributed by atoms with E-state index in [9.17, 15) is 4.79 Å². The lowest BCUT2D eigenvalue weighted by Gasteiger charge is -2.10. The zero-order valence-electron chi connectivity index (χ0n) is 10.9. The summed E-state index contributed by atoms with van der Waals surface area (Å²) in [6.45, 7) is 3.64. The van der Waals surface area contributed by atoms with E-state index in [-0.39, 0.29) is 18.6 Å². The van der Waals surface area contributed by atoms with Crippen LogP contribution in [-0.2, 0) is 0 Å². The van der Waals surface area contributed by atoms with E-state index in [4.69, 9.17) is 5.11 Å². The number of hydrogen-bond acceptors (Lipinski definition) is 4. The summed E-state index contributed by atoms with van der Waals surface area (Å²) in [6, 6.07) is 7.07. The van der Waals surface area contributed by atoms with Gasteiger partial charge in [0.05, 0.1) is 6.61 Å². The first kappa shape index (κ1) is 13.7. The van der Waals surface area contributed by atoms with Gasteiger partial charge in [0, 0.05) is 28.2 Å². The zero-order valence-corrected chi connectivity index (χ0v) is 11.7. The van der Waals surface area contributed by atoms with E-state index < -0.39 is 0 Å². The van der Waals surface area contributed by atoms with Gasteiger partial charge in [-0.2, -0.15) is 0 Å². The Hall–Kier alpha value is -1.72. The largest absolute Gasteiger partial charge is 0.394 e. The second kappa shape index (κ2) is 5.95. The molecule has 19 heavy (non-hydrogen) atoms. The summed E-state index contributed by atoms with van der Waals surface area (Å²) in [4.78, 5) is 16.2. The van der Waals surface area contributed by atoms with E-state index >= 15 is 0 Å². The minimum atomic E-state index is -0.242. The molecule has 4 nitrogen and oxygen atoms in total. The third-order valence-electron chi connectivity index (χ3n) is 2.66. The Kier molecular flexibility index (Phi) is 4.29. The number of nitrogens with one attached hydrogen (secondary N) is 1. The fourth-order valence-electron chi connectivity index (χ4n) is 1.60. The monoisotopic (exact) mass is 276 g/mol. The first-order valence-corrected chi connectivity index (χ1v) is 6.92. The molecular weight excluding hydrogens is 260 g/mol. The number of aromatic nitrogens is 1. The Morgan fingerprint density at radius 2 is 2.11 bits per heavy atom. The number of nitrogens with zero attached hydrogens (tertiary/aromatic N) is 1. The van der Waals surface area contributed by atoms with Gasteiger partial charge < -0.3 is 10.4 Å². The van der Waals surface area contributed by atoms with Gasteiger partial charge in [0.2, 0.25) is 0 Å². The lowest BCUT2D eigenvalue weighted by Crippen LogP contribution is -2.34. The molecule has 0 fully saturated rings. The van der Waals surface area contributed by atoms with E-state index in [1.165, 1.54) is 0 Å². The molecule has 1 heterocycles. The standard InChI is InChI=1S/C14H16N2O2S/c1-9(7-17)15-13(18)11-3-5-12(6-4-11)14-16-10(2)8-19-14/h3-6,8-9,17H,7H2,1-2H3,(H,15,18). The van der Waals surface area contributed by atoms with Crippen molar-refractivity contribution in [1.82, 2.24) is 10.3 Å². The van der Waals surface area contributed by atoms with Crippen molar-refractivity contribution in [3.8, 4) is 10.6 Å². The Morgan fingerprint density at radius 1 is 1.42 bits per heavy atom. The van der Waals surface area contributed by atoms with Crippen molar-refractivity contribution in [2.75, 3.05) is 6.61 Å². The van der Waals surface area contributed by atoms with Crippen LogP contribution in [0.4, 0.5) is 0 Å². The quantitative estimate of drug-likeness (QED) is 0.900. The highest BCUT2D eigenvalue weighted by atomic mass is 32.1. The SMILES string of the molecule is Cc1csc(-c2ccc(C(=O)NC(C)CO)cc2)n1. The van der Waals surface area contributed by atoms with Crippen LogP contribution in [0.25, 0.3) is 10.6 Å². The first-order valence-electron chi connectivity index (χ1n) is 6.04. The van der Waals surface area contributed by atoms with Crippen LogP contribution in [0.5, 0.6) is 0 Å². The Morgan fingerprint density at radius 3 is 2.63 bits per heavy atom. The number of benzene rings is 1. The Balaban J connectivity index is 2.12. The topological polar surface area (TPSA) is 62.2 Å². The van der Waals surface area contributed by atoms with E-state index in [1.54, 1.807) is 30.4 Å². The molecule has 0 aliphatic carbocycles. The highest BCUT2D eigenvalue weighted by molar-refractivity contribution is 7.13. The lowest BCUT2D eigenvalue weighted by molar-refractivity contribution is 0.0922. The highest BCUT2D eigenvalue weighted by Crippen LogP contribution is 2.23. The summed E-state index contributed by atoms with van der Waals surface area (Å²) >= 11 is 1.59. The summed E-state index contributed by atoms with van der Waals surface area (Å²) in [5.74, 6) is -0.177. The zero-order chi connectivity index (χ0) is 13.8. The average Bonchev–Trinajstić information content (AvgIpc) is 2.85. The predicted octanol–water partition coefficient (Wildman–Crippen LogP) is 2.23. The Bertz CT molecular complexity index is 563. The number of amides is 1. The van der Waals surface area contributed by atoms with Gasteiger partial charge in [0.25, 0.3) is 5.91 Å². The molecule has 0 aliphatic heterocycles. The number of carbonyl (C=O) groups is 1. The highest BCUT2D eigenvalue weighted by Gasteiger charge is 2.09. The number of carbonyl (C=O) groups excluding carboxylic acids is 1. The number of rotatable bonds is 4. The maximum Gasteiger partial charge on any atom is 0.251 e. The second-order valence-electron chi connectivity index (χ2n) is 4.43. The van der Waals surface area contributed by atoms with Crippen molar-refractivity contribution in [2.45, 2.75) is 19.9 Å². The molecule has 1 atom stereocenters. The fourth-order valence-corrected chi connectivity index (χ4v) is 2.41. The van der Waals surface area contributed by atoms with Crippen LogP contribution in [0.15, 0.2) is 29.6 Å². The van der Waals surface area contributed by atoms with Gasteiger partial charge in [-0.05, 0) is 26.0 Å². The lowest BCUT2D eigenvalue weighted by atomic mass is 10.1. The van der Waals surface area contributed by atoms with Crippen LogP contribution in [0.2, 0.25) is 0 Å². The molecule has 0 saturated carbocycles. The van der Waals surface area contributed by atoms with Crippen LogP contribution in [0.3, 0.4) is 0 Å². The van der Waals surface area contributed by atoms with Gasteiger partial charge in [-0.25, -0.2) is 4.98 Å². The van der Waals surface area contributed by atoms with E-state index in [0.29, 0.717) is 5.56 Å². The maximum atomic E-state index is 11.8. The van der Waals surface area contributed by atoms with E-state index in [2.05, 4.69) is 10.3 Å². The molecule has 0 saturated heterocycles. The molecule has 100 valence electrons. The molecule has 2 N–H and O–H groups in total. The van der Waals surface area contributed by atoms with Crippen LogP contribution in [0.1, 0.15) is 23.0 Å². The molecule has 0 spiro atoms. The molecule has 2 rings (SSSR count). The number of aryl methyl sites for hydroxylation is 1. The molecule has 1 amide bonds. The van der Waals surface area contributed by atoms with Crippen molar-refractivity contribution in [3.05, 3.63) is 40.9 Å². The normalized spacial score (nSPS) is 12.2. The maximum absolute atomic E-state index is 11.8. The minimum Gasteiger partial charge on any atom is -0.394 e. The molecule has 1 aromatic heterocycles. The molecular formula is C14H16N2O2S. The molecule has 1 aromatic carbocycles. The molecule has 0 aliphatic rings. The van der Waals surface area contributed by atoms with Gasteiger partial charge in [0.1, 0.15) is 5.01 Å². The van der Waals surface area contributed by atoms with Gasteiger partial charge in [-0.15, -0.1) is 11.3 Å². The number of aliphatic hydroxyl groups excluding tert-OH is 1. The second-order valence-corrected chi connectivity index (χ2v) is 5.29. The number of hydrogen-bond donors (Lipinski definition) is 2. The van der Waals surface area contributed by atoms with Gasteiger partial charge >= 0.3 is 0 Å². The summed E-state index contributed by atoms with van der Waals surface area (Å²) in [7, 11) is 0. The van der Waals surface area contributed by atoms with Crippen molar-refractivity contribution < 1.29 is 9.90 Å². The third kappa shape index (κ3) is 3.39. The molecule has 0 radical (unpaired) electrons. The van der Waals surface area contributed by atoms with Gasteiger partial charge in [-0.1, -0.05) is 12.1 Å². The third-order valence-corrected chi connectivity index (χ3v) is 3.67. The molecule has 2 aromatic rings. The summed E-state index contributed by atoms with van der Waals surface area (Å²) in [6.07, 6.45) is 0. The number of aliphatic hydroxyl groups is 1. The van der Waals surface area contributed by atoms with Crippen LogP contribution >= 0.6 is 11.3 Å². The summed E-state index contributed by atoms with van der Waals surface area (Å²) in [5.41, 5.74) is 2.58. The van der Waals surface area contributed by atoms with Crippen LogP contribution in [-0.4, -0.2) is 28.6 Å². The van der Waals surface area contributed by atoms with Crippen LogP contribution in [0, 0.1) is 6.92 Å². The van der Waals surface area contributed by atoms with Gasteiger partial charge in [0.15, 0.2) is 0 Å². The van der Waals surface area contributed by atoms with Crippen molar-refractivity contribution >= 4 is 17.2 Å². The molecule has 1 unspecified atom stereocenters. The predicted molar refractivity (Wildman–Crippen MR) is 76.3 cm³/mol.